The molecular weight excluding hydrogens is 306 g/mol. The highest BCUT2D eigenvalue weighted by molar-refractivity contribution is 5.51. The van der Waals surface area contributed by atoms with E-state index < -0.39 is 11.2 Å². The predicted molar refractivity (Wildman–Crippen MR) is 94.2 cm³/mol. The molecule has 1 atom stereocenters. The molecule has 1 aromatic rings. The summed E-state index contributed by atoms with van der Waals surface area (Å²) in [6.07, 6.45) is 3.46. The molecule has 2 rings (SSSR count). The zero-order valence-corrected chi connectivity index (χ0v) is 15.0. The average molecular weight is 333 g/mol. The van der Waals surface area contributed by atoms with Crippen LogP contribution in [0.25, 0.3) is 0 Å². The Morgan fingerprint density at radius 2 is 1.79 bits per heavy atom. The Labute approximate surface area is 142 Å². The van der Waals surface area contributed by atoms with Crippen molar-refractivity contribution < 1.29 is 0 Å². The molecule has 2 heterocycles. The molecule has 1 aliphatic heterocycles. The minimum absolute atomic E-state index is 0.00989. The van der Waals surface area contributed by atoms with Gasteiger partial charge < -0.3 is 5.32 Å². The highest BCUT2D eigenvalue weighted by Crippen LogP contribution is 2.19. The summed E-state index contributed by atoms with van der Waals surface area (Å²) in [4.78, 5) is 26.7. The molecule has 1 aromatic heterocycles. The lowest BCUT2D eigenvalue weighted by Crippen LogP contribution is -2.43. The minimum atomic E-state index is -0.551. The summed E-state index contributed by atoms with van der Waals surface area (Å²) in [6, 6.07) is 2.27. The van der Waals surface area contributed by atoms with Crippen molar-refractivity contribution in [1.82, 2.24) is 14.0 Å². The monoisotopic (exact) mass is 333 g/mol. The molecule has 0 aromatic carbocycles. The van der Waals surface area contributed by atoms with Crippen LogP contribution in [0.2, 0.25) is 0 Å². The number of nitrogens with one attached hydrogen (secondary N) is 1. The van der Waals surface area contributed by atoms with E-state index in [1.807, 2.05) is 6.07 Å². The SMILES string of the molecule is CC(C)CC(CNc1c(C#N)c(=O)n(C)c(=O)n1C)N1CCCC1. The quantitative estimate of drug-likeness (QED) is 0.835. The first kappa shape index (κ1) is 18.3. The van der Waals surface area contributed by atoms with E-state index in [2.05, 4.69) is 24.1 Å². The number of hydrogen-bond acceptors (Lipinski definition) is 5. The Morgan fingerprint density at radius 3 is 2.33 bits per heavy atom. The number of anilines is 1. The van der Waals surface area contributed by atoms with Crippen LogP contribution < -0.4 is 16.6 Å². The Kier molecular flexibility index (Phi) is 5.84. The summed E-state index contributed by atoms with van der Waals surface area (Å²) in [5.41, 5.74) is -0.989. The molecule has 0 amide bonds. The van der Waals surface area contributed by atoms with Crippen molar-refractivity contribution in [3.05, 3.63) is 26.4 Å². The van der Waals surface area contributed by atoms with Crippen LogP contribution >= 0.6 is 0 Å². The Balaban J connectivity index is 2.28. The number of hydrogen-bond donors (Lipinski definition) is 1. The third-order valence-corrected chi connectivity index (χ3v) is 4.68. The van der Waals surface area contributed by atoms with Gasteiger partial charge in [0.05, 0.1) is 0 Å². The fraction of sp³-hybridized carbons (Fsp3) is 0.706. The van der Waals surface area contributed by atoms with E-state index in [4.69, 9.17) is 0 Å². The summed E-state index contributed by atoms with van der Waals surface area (Å²) >= 11 is 0. The average Bonchev–Trinajstić information content (AvgIpc) is 3.07. The zero-order valence-electron chi connectivity index (χ0n) is 15.0. The van der Waals surface area contributed by atoms with Gasteiger partial charge in [-0.2, -0.15) is 5.26 Å². The van der Waals surface area contributed by atoms with Gasteiger partial charge in [0, 0.05) is 26.7 Å². The lowest BCUT2D eigenvalue weighted by molar-refractivity contribution is 0.222. The molecule has 0 aliphatic carbocycles. The first-order valence-corrected chi connectivity index (χ1v) is 8.54. The second kappa shape index (κ2) is 7.67. The maximum Gasteiger partial charge on any atom is 0.332 e. The highest BCUT2D eigenvalue weighted by atomic mass is 16.2. The lowest BCUT2D eigenvalue weighted by Gasteiger charge is -2.30. The first-order valence-electron chi connectivity index (χ1n) is 8.54. The fourth-order valence-corrected chi connectivity index (χ4v) is 3.38. The normalized spacial score (nSPS) is 16.3. The van der Waals surface area contributed by atoms with Crippen molar-refractivity contribution in [2.75, 3.05) is 25.0 Å². The number of aromatic nitrogens is 2. The molecule has 0 bridgehead atoms. The van der Waals surface area contributed by atoms with Crippen molar-refractivity contribution in [1.29, 1.82) is 5.26 Å². The van der Waals surface area contributed by atoms with Crippen molar-refractivity contribution in [2.24, 2.45) is 20.0 Å². The van der Waals surface area contributed by atoms with Gasteiger partial charge in [0.1, 0.15) is 11.9 Å². The van der Waals surface area contributed by atoms with Crippen molar-refractivity contribution >= 4 is 5.82 Å². The van der Waals surface area contributed by atoms with E-state index in [0.717, 1.165) is 24.1 Å². The van der Waals surface area contributed by atoms with Crippen LogP contribution in [0.3, 0.4) is 0 Å². The third kappa shape index (κ3) is 3.70. The molecule has 7 nitrogen and oxygen atoms in total. The summed E-state index contributed by atoms with van der Waals surface area (Å²) in [6.45, 7) is 7.17. The molecule has 24 heavy (non-hydrogen) atoms. The van der Waals surface area contributed by atoms with Crippen LogP contribution in [-0.2, 0) is 14.1 Å². The van der Waals surface area contributed by atoms with E-state index >= 15 is 0 Å². The van der Waals surface area contributed by atoms with Gasteiger partial charge in [-0.1, -0.05) is 13.8 Å². The zero-order chi connectivity index (χ0) is 17.9. The summed E-state index contributed by atoms with van der Waals surface area (Å²) in [5.74, 6) is 0.874. The summed E-state index contributed by atoms with van der Waals surface area (Å²) in [5, 5.41) is 12.5. The molecule has 1 saturated heterocycles. The Morgan fingerprint density at radius 1 is 1.17 bits per heavy atom. The summed E-state index contributed by atoms with van der Waals surface area (Å²) in [7, 11) is 2.97. The van der Waals surface area contributed by atoms with Crippen molar-refractivity contribution in [2.45, 2.75) is 39.2 Å². The molecular formula is C17H27N5O2. The molecule has 1 unspecified atom stereocenters. The molecule has 1 fully saturated rings. The lowest BCUT2D eigenvalue weighted by atomic mass is 10.0. The smallest absolute Gasteiger partial charge is 0.332 e. The van der Waals surface area contributed by atoms with Crippen LogP contribution in [0.15, 0.2) is 9.59 Å². The van der Waals surface area contributed by atoms with Gasteiger partial charge in [-0.3, -0.25) is 18.8 Å². The maximum absolute atomic E-state index is 12.1. The largest absolute Gasteiger partial charge is 0.369 e. The number of likely N-dealkylation sites (tertiary alicyclic amines) is 1. The van der Waals surface area contributed by atoms with Crippen molar-refractivity contribution in [3.63, 3.8) is 0 Å². The van der Waals surface area contributed by atoms with Crippen LogP contribution in [0, 0.1) is 17.2 Å². The molecule has 1 N–H and O–H groups in total. The molecule has 0 saturated carbocycles. The fourth-order valence-electron chi connectivity index (χ4n) is 3.38. The minimum Gasteiger partial charge on any atom is -0.369 e. The van der Waals surface area contributed by atoms with E-state index in [1.54, 1.807) is 7.05 Å². The summed E-state index contributed by atoms with van der Waals surface area (Å²) < 4.78 is 2.31. The molecule has 0 spiro atoms. The maximum atomic E-state index is 12.1. The van der Waals surface area contributed by atoms with Gasteiger partial charge in [0.2, 0.25) is 0 Å². The van der Waals surface area contributed by atoms with E-state index in [9.17, 15) is 14.9 Å². The van der Waals surface area contributed by atoms with Gasteiger partial charge in [0.15, 0.2) is 5.56 Å². The van der Waals surface area contributed by atoms with Crippen LogP contribution in [0.1, 0.15) is 38.7 Å². The van der Waals surface area contributed by atoms with Gasteiger partial charge in [-0.25, -0.2) is 4.79 Å². The van der Waals surface area contributed by atoms with E-state index in [1.165, 1.54) is 24.5 Å². The highest BCUT2D eigenvalue weighted by Gasteiger charge is 2.24. The standard InChI is InChI=1S/C17H27N5O2/c1-12(2)9-13(22-7-5-6-8-22)11-19-15-14(10-18)16(23)21(4)17(24)20(15)3/h12-13,19H,5-9,11H2,1-4H3. The number of nitriles is 1. The second-order valence-corrected chi connectivity index (χ2v) is 6.95. The van der Waals surface area contributed by atoms with Crippen molar-refractivity contribution in [3.8, 4) is 6.07 Å². The van der Waals surface area contributed by atoms with Gasteiger partial charge in [-0.05, 0) is 38.3 Å². The molecule has 1 aliphatic rings. The van der Waals surface area contributed by atoms with E-state index in [-0.39, 0.29) is 5.56 Å². The van der Waals surface area contributed by atoms with Gasteiger partial charge in [-0.15, -0.1) is 0 Å². The molecule has 0 radical (unpaired) electrons. The molecule has 7 heteroatoms. The predicted octanol–water partition coefficient (Wildman–Crippen LogP) is 0.878. The van der Waals surface area contributed by atoms with Crippen LogP contribution in [0.4, 0.5) is 5.82 Å². The number of rotatable bonds is 6. The van der Waals surface area contributed by atoms with Crippen LogP contribution in [0.5, 0.6) is 0 Å². The van der Waals surface area contributed by atoms with Gasteiger partial charge >= 0.3 is 5.69 Å². The van der Waals surface area contributed by atoms with Crippen LogP contribution in [-0.4, -0.2) is 39.7 Å². The first-order chi connectivity index (χ1) is 11.4. The van der Waals surface area contributed by atoms with E-state index in [0.29, 0.717) is 24.3 Å². The van der Waals surface area contributed by atoms with Gasteiger partial charge in [0.25, 0.3) is 5.56 Å². The second-order valence-electron chi connectivity index (χ2n) is 6.95. The molecule has 132 valence electrons. The topological polar surface area (TPSA) is 83.1 Å². The Hall–Kier alpha value is -2.07. The third-order valence-electron chi connectivity index (χ3n) is 4.68. The number of nitrogens with zero attached hydrogens (tertiary/aromatic N) is 4. The Bertz CT molecular complexity index is 735.